The molecule has 1 aliphatic heterocycles. The van der Waals surface area contributed by atoms with Crippen molar-refractivity contribution < 1.29 is 14.9 Å². The molecule has 3 atom stereocenters. The fourth-order valence-corrected chi connectivity index (χ4v) is 5.60. The second kappa shape index (κ2) is 9.58. The lowest BCUT2D eigenvalue weighted by Crippen LogP contribution is -2.45. The third kappa shape index (κ3) is 4.16. The molecule has 0 saturated carbocycles. The fourth-order valence-electron chi connectivity index (χ4n) is 5.60. The second-order valence-electron chi connectivity index (χ2n) is 9.59. The normalized spacial score (nSPS) is 22.6. The summed E-state index contributed by atoms with van der Waals surface area (Å²) in [7, 11) is 0. The zero-order valence-electron chi connectivity index (χ0n) is 20.4. The highest BCUT2D eigenvalue weighted by atomic mass is 16.5. The molecule has 4 aromatic carbocycles. The molecule has 0 aromatic heterocycles. The van der Waals surface area contributed by atoms with Crippen LogP contribution < -0.4 is 4.74 Å². The molecule has 37 heavy (non-hydrogen) atoms. The van der Waals surface area contributed by atoms with Gasteiger partial charge < -0.3 is 14.9 Å². The van der Waals surface area contributed by atoms with Gasteiger partial charge in [0.2, 0.25) is 5.72 Å². The Morgan fingerprint density at radius 3 is 2.19 bits per heavy atom. The number of aromatic hydroxyl groups is 2. The quantitative estimate of drug-likeness (QED) is 0.319. The van der Waals surface area contributed by atoms with Gasteiger partial charge in [0.1, 0.15) is 17.2 Å². The smallest absolute Gasteiger partial charge is 0.231 e. The number of aliphatic imine (C=N–C) groups is 2. The zero-order valence-corrected chi connectivity index (χ0v) is 20.4. The standard InChI is InChI=1S/C32H28N2O3/c35-28-17-6-2-11-23(28)20-33-31-25-14-4-8-19-30(25)37-32(34-21-24-12-3-7-18-29(24)36)26-15-5-1-10-22(26)13-9-16-27(31)32/h1-8,10-12,14-15,17-21,27,31,35-36H,9,13,16H2/b33-20?,34-21+. The third-order valence-corrected chi connectivity index (χ3v) is 7.39. The fraction of sp³-hybridized carbons (Fsp3) is 0.188. The van der Waals surface area contributed by atoms with Crippen molar-refractivity contribution >= 4 is 12.4 Å². The van der Waals surface area contributed by atoms with E-state index in [9.17, 15) is 10.2 Å². The Labute approximate surface area is 216 Å². The highest BCUT2D eigenvalue weighted by Gasteiger charge is 2.52. The Morgan fingerprint density at radius 1 is 0.757 bits per heavy atom. The third-order valence-electron chi connectivity index (χ3n) is 7.39. The lowest BCUT2D eigenvalue weighted by Gasteiger charge is -2.45. The largest absolute Gasteiger partial charge is 0.507 e. The molecule has 4 aromatic rings. The molecular weight excluding hydrogens is 460 g/mol. The van der Waals surface area contributed by atoms with E-state index in [4.69, 9.17) is 14.7 Å². The van der Waals surface area contributed by atoms with Crippen LogP contribution >= 0.6 is 0 Å². The first-order valence-corrected chi connectivity index (χ1v) is 12.7. The van der Waals surface area contributed by atoms with Crippen LogP contribution in [0.1, 0.15) is 46.7 Å². The van der Waals surface area contributed by atoms with E-state index in [1.54, 1.807) is 36.7 Å². The van der Waals surface area contributed by atoms with E-state index in [-0.39, 0.29) is 23.5 Å². The minimum Gasteiger partial charge on any atom is -0.507 e. The van der Waals surface area contributed by atoms with E-state index in [0.717, 1.165) is 36.1 Å². The van der Waals surface area contributed by atoms with Crippen molar-refractivity contribution in [2.75, 3.05) is 0 Å². The van der Waals surface area contributed by atoms with Crippen LogP contribution in [0.3, 0.4) is 0 Å². The molecule has 0 saturated heterocycles. The number of hydrogen-bond donors (Lipinski definition) is 2. The highest BCUT2D eigenvalue weighted by molar-refractivity contribution is 5.84. The van der Waals surface area contributed by atoms with Crippen LogP contribution in [-0.4, -0.2) is 22.6 Å². The molecule has 0 bridgehead atoms. The van der Waals surface area contributed by atoms with Crippen molar-refractivity contribution in [2.24, 2.45) is 15.9 Å². The van der Waals surface area contributed by atoms with Crippen LogP contribution in [0.2, 0.25) is 0 Å². The van der Waals surface area contributed by atoms with Gasteiger partial charge in [-0.2, -0.15) is 0 Å². The number of rotatable bonds is 4. The van der Waals surface area contributed by atoms with Crippen molar-refractivity contribution in [1.82, 2.24) is 0 Å². The number of hydrogen-bond acceptors (Lipinski definition) is 5. The first-order valence-electron chi connectivity index (χ1n) is 12.7. The molecule has 0 radical (unpaired) electrons. The van der Waals surface area contributed by atoms with Crippen LogP contribution in [0, 0.1) is 5.92 Å². The summed E-state index contributed by atoms with van der Waals surface area (Å²) in [5, 5.41) is 20.8. The average molecular weight is 489 g/mol. The van der Waals surface area contributed by atoms with Gasteiger partial charge in [0, 0.05) is 34.7 Å². The maximum absolute atomic E-state index is 10.5. The summed E-state index contributed by atoms with van der Waals surface area (Å²) in [6, 6.07) is 30.5. The van der Waals surface area contributed by atoms with Gasteiger partial charge in [0.25, 0.3) is 0 Å². The summed E-state index contributed by atoms with van der Waals surface area (Å²) in [5.41, 5.74) is 3.53. The van der Waals surface area contributed by atoms with Crippen molar-refractivity contribution in [2.45, 2.75) is 31.0 Å². The van der Waals surface area contributed by atoms with E-state index in [2.05, 4.69) is 24.3 Å². The number of para-hydroxylation sites is 3. The minimum absolute atomic E-state index is 0.102. The molecule has 1 heterocycles. The monoisotopic (exact) mass is 488 g/mol. The van der Waals surface area contributed by atoms with E-state index >= 15 is 0 Å². The van der Waals surface area contributed by atoms with E-state index in [0.29, 0.717) is 11.1 Å². The predicted octanol–water partition coefficient (Wildman–Crippen LogP) is 6.58. The molecule has 1 aliphatic carbocycles. The molecule has 0 amide bonds. The van der Waals surface area contributed by atoms with E-state index in [1.807, 2.05) is 48.5 Å². The molecule has 2 N–H and O–H groups in total. The van der Waals surface area contributed by atoms with Gasteiger partial charge in [-0.15, -0.1) is 0 Å². The number of phenolic OH excluding ortho intramolecular Hbond substituents is 2. The maximum Gasteiger partial charge on any atom is 0.231 e. The average Bonchev–Trinajstić information content (AvgIpc) is 3.08. The van der Waals surface area contributed by atoms with E-state index in [1.165, 1.54) is 5.56 Å². The first-order chi connectivity index (χ1) is 18.2. The molecule has 5 nitrogen and oxygen atoms in total. The van der Waals surface area contributed by atoms with Crippen LogP contribution in [0.15, 0.2) is 107 Å². The Hall–Kier alpha value is -4.38. The molecular formula is C32H28N2O3. The van der Waals surface area contributed by atoms with Crippen molar-refractivity contribution in [1.29, 1.82) is 0 Å². The van der Waals surface area contributed by atoms with Crippen LogP contribution in [-0.2, 0) is 12.1 Å². The van der Waals surface area contributed by atoms with Crippen LogP contribution in [0.4, 0.5) is 0 Å². The number of phenols is 2. The van der Waals surface area contributed by atoms with Gasteiger partial charge in [0.05, 0.1) is 12.0 Å². The summed E-state index contributed by atoms with van der Waals surface area (Å²) in [5.74, 6) is 1.01. The molecule has 0 fully saturated rings. The first kappa shape index (κ1) is 23.0. The van der Waals surface area contributed by atoms with Crippen LogP contribution in [0.25, 0.3) is 0 Å². The number of benzene rings is 4. The molecule has 6 rings (SSSR count). The van der Waals surface area contributed by atoms with Crippen LogP contribution in [0.5, 0.6) is 17.2 Å². The minimum atomic E-state index is -1.02. The van der Waals surface area contributed by atoms with Gasteiger partial charge in [-0.1, -0.05) is 66.7 Å². The molecule has 5 heteroatoms. The summed E-state index contributed by atoms with van der Waals surface area (Å²) in [6.45, 7) is 0. The second-order valence-corrected chi connectivity index (χ2v) is 9.59. The number of ether oxygens (including phenoxy) is 1. The van der Waals surface area contributed by atoms with Crippen molar-refractivity contribution in [3.8, 4) is 17.2 Å². The molecule has 2 aliphatic rings. The predicted molar refractivity (Wildman–Crippen MR) is 146 cm³/mol. The number of aryl methyl sites for hydroxylation is 1. The van der Waals surface area contributed by atoms with Crippen molar-refractivity contribution in [3.63, 3.8) is 0 Å². The summed E-state index contributed by atoms with van der Waals surface area (Å²) >= 11 is 0. The zero-order chi connectivity index (χ0) is 25.2. The van der Waals surface area contributed by atoms with E-state index < -0.39 is 5.72 Å². The topological polar surface area (TPSA) is 74.4 Å². The molecule has 184 valence electrons. The molecule has 0 spiro atoms. The highest BCUT2D eigenvalue weighted by Crippen LogP contribution is 2.55. The van der Waals surface area contributed by atoms with Gasteiger partial charge in [-0.25, -0.2) is 4.99 Å². The van der Waals surface area contributed by atoms with Gasteiger partial charge in [0.15, 0.2) is 0 Å². The Bertz CT molecular complexity index is 1490. The Kier molecular flexibility index (Phi) is 5.97. The Morgan fingerprint density at radius 2 is 1.41 bits per heavy atom. The summed E-state index contributed by atoms with van der Waals surface area (Å²) in [4.78, 5) is 10.2. The van der Waals surface area contributed by atoms with Gasteiger partial charge in [-0.05, 0) is 55.2 Å². The van der Waals surface area contributed by atoms with Crippen molar-refractivity contribution in [3.05, 3.63) is 125 Å². The summed E-state index contributed by atoms with van der Waals surface area (Å²) < 4.78 is 6.89. The van der Waals surface area contributed by atoms with Gasteiger partial charge >= 0.3 is 0 Å². The maximum atomic E-state index is 10.5. The number of fused-ring (bicyclic) bond motifs is 4. The number of nitrogens with zero attached hydrogens (tertiary/aromatic N) is 2. The van der Waals surface area contributed by atoms with Gasteiger partial charge in [-0.3, -0.25) is 4.99 Å². The summed E-state index contributed by atoms with van der Waals surface area (Å²) in [6.07, 6.45) is 6.24. The Balaban J connectivity index is 1.55. The lowest BCUT2D eigenvalue weighted by atomic mass is 9.77. The SMILES string of the molecule is Oc1ccccc1C=NC1c2ccccc2OC2(/N=C/c3ccccc3O)c3ccccc3CCCC12. The molecule has 3 unspecified atom stereocenters. The lowest BCUT2D eigenvalue weighted by molar-refractivity contribution is -0.0202.